The van der Waals surface area contributed by atoms with Crippen molar-refractivity contribution in [2.45, 2.75) is 39.0 Å². The average Bonchev–Trinajstić information content (AvgIpc) is 2.65. The number of nitrogens with zero attached hydrogens (tertiary/aromatic N) is 1. The monoisotopic (exact) mass is 256 g/mol. The maximum absolute atomic E-state index is 11.3. The molecule has 1 aliphatic heterocycles. The molecule has 1 fully saturated rings. The van der Waals surface area contributed by atoms with E-state index < -0.39 is 17.8 Å². The van der Waals surface area contributed by atoms with Crippen molar-refractivity contribution in [3.05, 3.63) is 0 Å². The fraction of sp³-hybridized carbons (Fsp3) is 0.636. The van der Waals surface area contributed by atoms with E-state index in [0.29, 0.717) is 11.6 Å². The van der Waals surface area contributed by atoms with Crippen LogP contribution in [-0.2, 0) is 24.0 Å². The highest BCUT2D eigenvalue weighted by Gasteiger charge is 2.32. The van der Waals surface area contributed by atoms with Crippen LogP contribution in [0.25, 0.3) is 0 Å². The molecule has 1 saturated heterocycles. The summed E-state index contributed by atoms with van der Waals surface area (Å²) < 4.78 is 0. The topological polar surface area (TPSA) is 92.8 Å². The van der Waals surface area contributed by atoms with Crippen molar-refractivity contribution >= 4 is 23.7 Å². The third-order valence-corrected chi connectivity index (χ3v) is 2.33. The molecule has 0 atom stereocenters. The number of hydrogen-bond acceptors (Lipinski definition) is 5. The lowest BCUT2D eigenvalue weighted by atomic mass is 10.3. The second-order valence-corrected chi connectivity index (χ2v) is 3.90. The van der Waals surface area contributed by atoms with E-state index in [4.69, 9.17) is 0 Å². The number of amides is 3. The molecule has 1 heterocycles. The number of hydroxylamine groups is 2. The molecule has 0 aromatic rings. The zero-order valence-corrected chi connectivity index (χ0v) is 10.2. The predicted molar refractivity (Wildman–Crippen MR) is 59.7 cm³/mol. The lowest BCUT2D eigenvalue weighted by molar-refractivity contribution is -0.197. The van der Waals surface area contributed by atoms with Crippen LogP contribution in [0.5, 0.6) is 0 Å². The van der Waals surface area contributed by atoms with Crippen molar-refractivity contribution in [3.63, 3.8) is 0 Å². The number of imide groups is 1. The molecule has 0 aromatic carbocycles. The Balaban J connectivity index is 2.27. The first-order valence-corrected chi connectivity index (χ1v) is 5.88. The fourth-order valence-electron chi connectivity index (χ4n) is 1.37. The Morgan fingerprint density at radius 3 is 2.39 bits per heavy atom. The van der Waals surface area contributed by atoms with E-state index in [2.05, 4.69) is 10.2 Å². The summed E-state index contributed by atoms with van der Waals surface area (Å²) in [5, 5.41) is 3.08. The molecular weight excluding hydrogens is 240 g/mol. The van der Waals surface area contributed by atoms with Crippen LogP contribution in [0.4, 0.5) is 0 Å². The number of carbonyl (C=O) groups is 4. The predicted octanol–water partition coefficient (Wildman–Crippen LogP) is -0.100. The molecule has 7 heteroatoms. The summed E-state index contributed by atoms with van der Waals surface area (Å²) in [6.45, 7) is 2.47. The van der Waals surface area contributed by atoms with Crippen molar-refractivity contribution in [2.75, 3.05) is 6.54 Å². The maximum atomic E-state index is 11.3. The first-order valence-electron chi connectivity index (χ1n) is 5.88. The van der Waals surface area contributed by atoms with Crippen LogP contribution in [0.15, 0.2) is 0 Å². The quantitative estimate of drug-likeness (QED) is 0.670. The van der Waals surface area contributed by atoms with Crippen LogP contribution in [0, 0.1) is 0 Å². The summed E-state index contributed by atoms with van der Waals surface area (Å²) in [5.74, 6) is -2.06. The number of rotatable bonds is 6. The molecule has 3 amide bonds. The number of carbonyl (C=O) groups excluding carboxylic acids is 4. The van der Waals surface area contributed by atoms with Crippen LogP contribution in [0.2, 0.25) is 0 Å². The third-order valence-electron chi connectivity index (χ3n) is 2.33. The normalized spacial score (nSPS) is 14.8. The van der Waals surface area contributed by atoms with Gasteiger partial charge in [0.2, 0.25) is 5.91 Å². The lowest BCUT2D eigenvalue weighted by Gasteiger charge is -2.12. The summed E-state index contributed by atoms with van der Waals surface area (Å²) >= 11 is 0. The van der Waals surface area contributed by atoms with E-state index in [1.54, 1.807) is 0 Å². The van der Waals surface area contributed by atoms with Gasteiger partial charge in [0.25, 0.3) is 11.8 Å². The molecule has 1 aliphatic rings. The van der Waals surface area contributed by atoms with Gasteiger partial charge >= 0.3 is 5.97 Å². The molecule has 0 bridgehead atoms. The van der Waals surface area contributed by atoms with Gasteiger partial charge in [-0.2, -0.15) is 0 Å². The second-order valence-electron chi connectivity index (χ2n) is 3.90. The zero-order valence-electron chi connectivity index (χ0n) is 10.2. The average molecular weight is 256 g/mol. The van der Waals surface area contributed by atoms with Gasteiger partial charge in [0.15, 0.2) is 0 Å². The molecule has 0 saturated carbocycles. The SMILES string of the molecule is CCCNC(=O)CCC(=O)ON1C(=O)CCC1=O. The number of hydrogen-bond donors (Lipinski definition) is 1. The van der Waals surface area contributed by atoms with Crippen molar-refractivity contribution < 1.29 is 24.0 Å². The van der Waals surface area contributed by atoms with Crippen LogP contribution in [-0.4, -0.2) is 35.3 Å². The van der Waals surface area contributed by atoms with Gasteiger partial charge in [0, 0.05) is 25.8 Å². The standard InChI is InChI=1S/C11H16N2O5/c1-2-7-12-8(14)3-6-11(17)18-13-9(15)4-5-10(13)16/h2-7H2,1H3,(H,12,14). The van der Waals surface area contributed by atoms with Crippen LogP contribution < -0.4 is 5.32 Å². The van der Waals surface area contributed by atoms with Gasteiger partial charge < -0.3 is 10.2 Å². The van der Waals surface area contributed by atoms with E-state index in [1.165, 1.54) is 0 Å². The Kier molecular flexibility index (Phi) is 5.29. The van der Waals surface area contributed by atoms with E-state index in [0.717, 1.165) is 6.42 Å². The van der Waals surface area contributed by atoms with Gasteiger partial charge in [-0.05, 0) is 6.42 Å². The highest BCUT2D eigenvalue weighted by Crippen LogP contribution is 2.12. The molecule has 0 aliphatic carbocycles. The summed E-state index contributed by atoms with van der Waals surface area (Å²) in [7, 11) is 0. The van der Waals surface area contributed by atoms with E-state index in [-0.39, 0.29) is 31.6 Å². The lowest BCUT2D eigenvalue weighted by Crippen LogP contribution is -2.32. The molecule has 0 spiro atoms. The largest absolute Gasteiger partial charge is 0.356 e. The second kappa shape index (κ2) is 6.73. The molecular formula is C11H16N2O5. The fourth-order valence-corrected chi connectivity index (χ4v) is 1.37. The van der Waals surface area contributed by atoms with Gasteiger partial charge in [0.05, 0.1) is 6.42 Å². The zero-order chi connectivity index (χ0) is 13.5. The van der Waals surface area contributed by atoms with Crippen molar-refractivity contribution in [3.8, 4) is 0 Å². The van der Waals surface area contributed by atoms with E-state index in [9.17, 15) is 19.2 Å². The molecule has 100 valence electrons. The Labute approximate surface area is 104 Å². The molecule has 1 rings (SSSR count). The Bertz CT molecular complexity index is 350. The first-order chi connectivity index (χ1) is 8.54. The van der Waals surface area contributed by atoms with Gasteiger partial charge in [-0.25, -0.2) is 4.79 Å². The van der Waals surface area contributed by atoms with Gasteiger partial charge in [-0.3, -0.25) is 14.4 Å². The molecule has 0 unspecified atom stereocenters. The van der Waals surface area contributed by atoms with Crippen molar-refractivity contribution in [1.29, 1.82) is 0 Å². The molecule has 7 nitrogen and oxygen atoms in total. The van der Waals surface area contributed by atoms with Crippen LogP contribution in [0.3, 0.4) is 0 Å². The Hall–Kier alpha value is -1.92. The maximum Gasteiger partial charge on any atom is 0.333 e. The molecule has 1 N–H and O–H groups in total. The van der Waals surface area contributed by atoms with Gasteiger partial charge in [-0.15, -0.1) is 5.06 Å². The smallest absolute Gasteiger partial charge is 0.333 e. The minimum absolute atomic E-state index is 0.0188. The minimum atomic E-state index is -0.759. The summed E-state index contributed by atoms with van der Waals surface area (Å²) in [5.41, 5.74) is 0. The van der Waals surface area contributed by atoms with Crippen LogP contribution in [0.1, 0.15) is 39.0 Å². The summed E-state index contributed by atoms with van der Waals surface area (Å²) in [6, 6.07) is 0. The molecule has 0 radical (unpaired) electrons. The van der Waals surface area contributed by atoms with Crippen molar-refractivity contribution in [1.82, 2.24) is 10.4 Å². The highest BCUT2D eigenvalue weighted by molar-refractivity contribution is 6.01. The Morgan fingerprint density at radius 1 is 1.22 bits per heavy atom. The summed E-state index contributed by atoms with van der Waals surface area (Å²) in [6.07, 6.45) is 0.751. The van der Waals surface area contributed by atoms with E-state index >= 15 is 0 Å². The summed E-state index contributed by atoms with van der Waals surface area (Å²) in [4.78, 5) is 49.4. The molecule has 18 heavy (non-hydrogen) atoms. The third kappa shape index (κ3) is 4.15. The molecule has 0 aromatic heterocycles. The Morgan fingerprint density at radius 2 is 1.83 bits per heavy atom. The highest BCUT2D eigenvalue weighted by atomic mass is 16.7. The number of nitrogens with one attached hydrogen (secondary N) is 1. The van der Waals surface area contributed by atoms with Crippen LogP contribution >= 0.6 is 0 Å². The minimum Gasteiger partial charge on any atom is -0.356 e. The van der Waals surface area contributed by atoms with Gasteiger partial charge in [-0.1, -0.05) is 6.92 Å². The van der Waals surface area contributed by atoms with Gasteiger partial charge in [0.1, 0.15) is 0 Å². The van der Waals surface area contributed by atoms with Crippen molar-refractivity contribution in [2.24, 2.45) is 0 Å². The van der Waals surface area contributed by atoms with E-state index in [1.807, 2.05) is 6.92 Å². The first kappa shape index (κ1) is 14.1.